The minimum atomic E-state index is -5.43. The van der Waals surface area contributed by atoms with E-state index in [2.05, 4.69) is 39.4 Å². The number of hydrogen-bond donors (Lipinski definition) is 3. The molecule has 20 heteroatoms. The molecular weight excluding hydrogens is 788 g/mol. The Kier molecular flexibility index (Phi) is 10.2. The Morgan fingerprint density at radius 1 is 1.15 bits per heavy atom. The van der Waals surface area contributed by atoms with E-state index < -0.39 is 54.2 Å². The number of nitrogens with zero attached hydrogens (tertiary/aromatic N) is 5. The van der Waals surface area contributed by atoms with E-state index in [-0.39, 0.29) is 56.5 Å². The first kappa shape index (κ1) is 39.1. The van der Waals surface area contributed by atoms with Gasteiger partial charge >= 0.3 is 18.1 Å². The van der Waals surface area contributed by atoms with Crippen LogP contribution in [0.5, 0.6) is 0 Å². The molecule has 0 saturated carbocycles. The standard InChI is InChI=1S/C35H35ClF4N8O5S2/c1-5-34(53-29(51)35(38,39)40)19-10-23-26-17(12-48(23)27(49)18(19)13-52-28(34)50)25-21(7-6-16-15(2)20(37)11-22(43-26)24(16)25)44-32-46-30(36)45-31(47-32)42-8-9-54-55-33(3,4)14-41/h10-11,21H,5-9,12-14,41H2,1-4H3,(H2,42,44,45,46,47)/t21-,34-/m0/s1. The number of anilines is 2. The lowest BCUT2D eigenvalue weighted by molar-refractivity contribution is -0.223. The molecule has 0 radical (unpaired) electrons. The van der Waals surface area contributed by atoms with Gasteiger partial charge in [-0.25, -0.2) is 19.0 Å². The second kappa shape index (κ2) is 14.4. The van der Waals surface area contributed by atoms with Crippen LogP contribution in [-0.2, 0) is 44.2 Å². The van der Waals surface area contributed by atoms with E-state index in [1.807, 2.05) is 0 Å². The van der Waals surface area contributed by atoms with Crippen LogP contribution in [-0.4, -0.2) is 66.2 Å². The van der Waals surface area contributed by atoms with Crippen LogP contribution >= 0.6 is 33.2 Å². The van der Waals surface area contributed by atoms with Crippen molar-refractivity contribution in [2.24, 2.45) is 5.73 Å². The van der Waals surface area contributed by atoms with Crippen molar-refractivity contribution in [1.82, 2.24) is 24.5 Å². The first-order chi connectivity index (χ1) is 26.0. The van der Waals surface area contributed by atoms with Crippen LogP contribution in [0.2, 0.25) is 5.28 Å². The quantitative estimate of drug-likeness (QED) is 0.0602. The van der Waals surface area contributed by atoms with Crippen molar-refractivity contribution in [3.8, 4) is 11.4 Å². The van der Waals surface area contributed by atoms with Crippen molar-refractivity contribution in [2.75, 3.05) is 29.5 Å². The highest BCUT2D eigenvalue weighted by Gasteiger charge is 2.55. The van der Waals surface area contributed by atoms with Gasteiger partial charge in [-0.15, -0.1) is 0 Å². The van der Waals surface area contributed by atoms with Gasteiger partial charge in [-0.05, 0) is 74.4 Å². The monoisotopic (exact) mass is 822 g/mol. The number of alkyl halides is 3. The zero-order valence-electron chi connectivity index (χ0n) is 29.9. The van der Waals surface area contributed by atoms with Gasteiger partial charge in [0, 0.05) is 46.2 Å². The molecule has 4 N–H and O–H groups in total. The summed E-state index contributed by atoms with van der Waals surface area (Å²) < 4.78 is 67.0. The minimum Gasteiger partial charge on any atom is -0.457 e. The lowest BCUT2D eigenvalue weighted by Crippen LogP contribution is -2.49. The van der Waals surface area contributed by atoms with Gasteiger partial charge in [0.15, 0.2) is 0 Å². The predicted molar refractivity (Wildman–Crippen MR) is 200 cm³/mol. The third-order valence-corrected chi connectivity index (χ3v) is 13.5. The number of esters is 2. The van der Waals surface area contributed by atoms with Crippen LogP contribution in [0.15, 0.2) is 16.9 Å². The molecule has 0 fully saturated rings. The van der Waals surface area contributed by atoms with Crippen LogP contribution in [0.3, 0.4) is 0 Å². The molecule has 4 aromatic rings. The fourth-order valence-electron chi connectivity index (χ4n) is 7.16. The average molecular weight is 823 g/mol. The highest BCUT2D eigenvalue weighted by molar-refractivity contribution is 8.77. The smallest absolute Gasteiger partial charge is 0.457 e. The van der Waals surface area contributed by atoms with E-state index in [1.54, 1.807) is 28.5 Å². The first-order valence-corrected chi connectivity index (χ1v) is 20.0. The summed E-state index contributed by atoms with van der Waals surface area (Å²) in [6, 6.07) is 2.14. The minimum absolute atomic E-state index is 0.0140. The van der Waals surface area contributed by atoms with Gasteiger partial charge in [0.1, 0.15) is 12.4 Å². The number of benzene rings is 1. The third-order valence-electron chi connectivity index (χ3n) is 10.0. The number of pyridine rings is 2. The van der Waals surface area contributed by atoms with Gasteiger partial charge in [-0.2, -0.15) is 28.1 Å². The number of aryl methyl sites for hydroxylation is 1. The van der Waals surface area contributed by atoms with Gasteiger partial charge in [0.25, 0.3) is 5.56 Å². The normalized spacial score (nSPS) is 18.7. The molecule has 2 atom stereocenters. The maximum absolute atomic E-state index is 15.4. The van der Waals surface area contributed by atoms with Crippen LogP contribution in [0.25, 0.3) is 22.3 Å². The predicted octanol–water partition coefficient (Wildman–Crippen LogP) is 6.11. The van der Waals surface area contributed by atoms with Gasteiger partial charge in [-0.1, -0.05) is 28.5 Å². The fourth-order valence-corrected chi connectivity index (χ4v) is 9.64. The van der Waals surface area contributed by atoms with E-state index in [0.717, 1.165) is 11.3 Å². The molecule has 5 heterocycles. The fraction of sp³-hybridized carbons (Fsp3) is 0.457. The van der Waals surface area contributed by atoms with Crippen LogP contribution in [0, 0.1) is 12.7 Å². The SMILES string of the molecule is CC[C@@]1(OC(=O)C(F)(F)F)C(=O)OCc2c1cc1n(c2=O)Cc2c-1nc1cc(F)c(C)c3c1c2[C@@H](Nc1nc(Cl)nc(NCCSSC(C)(C)CN)n1)CC3. The topological polar surface area (TPSA) is 176 Å². The molecule has 1 aliphatic carbocycles. The zero-order valence-corrected chi connectivity index (χ0v) is 32.3. The molecule has 13 nitrogen and oxygen atoms in total. The van der Waals surface area contributed by atoms with E-state index >= 15 is 4.39 Å². The summed E-state index contributed by atoms with van der Waals surface area (Å²) in [5, 5.41) is 7.16. The van der Waals surface area contributed by atoms with Gasteiger partial charge < -0.3 is 30.4 Å². The summed E-state index contributed by atoms with van der Waals surface area (Å²) in [6.45, 7) is 7.66. The average Bonchev–Trinajstić information content (AvgIpc) is 3.50. The van der Waals surface area contributed by atoms with Crippen LogP contribution in [0.1, 0.15) is 73.0 Å². The molecule has 0 unspecified atom stereocenters. The largest absolute Gasteiger partial charge is 0.490 e. The highest BCUT2D eigenvalue weighted by Crippen LogP contribution is 2.47. The van der Waals surface area contributed by atoms with Crippen molar-refractivity contribution < 1.29 is 36.6 Å². The summed E-state index contributed by atoms with van der Waals surface area (Å²) in [7, 11) is 3.34. The Labute approximate surface area is 324 Å². The van der Waals surface area contributed by atoms with Crippen molar-refractivity contribution in [1.29, 1.82) is 0 Å². The molecule has 7 rings (SSSR count). The summed E-state index contributed by atoms with van der Waals surface area (Å²) in [6.07, 6.45) is -4.96. The Hall–Kier alpha value is -4.20. The summed E-state index contributed by atoms with van der Waals surface area (Å²) in [4.78, 5) is 57.3. The third kappa shape index (κ3) is 6.97. The number of aromatic nitrogens is 5. The van der Waals surface area contributed by atoms with Crippen molar-refractivity contribution >= 4 is 67.9 Å². The number of carbonyl (C=O) groups is 2. The molecule has 0 spiro atoms. The summed E-state index contributed by atoms with van der Waals surface area (Å²) in [5.74, 6) is -3.20. The van der Waals surface area contributed by atoms with Crippen LogP contribution < -0.4 is 21.9 Å². The van der Waals surface area contributed by atoms with Crippen molar-refractivity contribution in [2.45, 2.75) is 82.7 Å². The van der Waals surface area contributed by atoms with E-state index in [1.165, 1.54) is 23.6 Å². The second-order valence-corrected chi connectivity index (χ2v) is 17.4. The molecule has 0 amide bonds. The number of halogens is 5. The van der Waals surface area contributed by atoms with Crippen LogP contribution in [0.4, 0.5) is 29.5 Å². The Balaban J connectivity index is 1.30. The highest BCUT2D eigenvalue weighted by atomic mass is 35.5. The van der Waals surface area contributed by atoms with Crippen molar-refractivity contribution in [3.05, 3.63) is 67.0 Å². The lowest BCUT2D eigenvalue weighted by atomic mass is 9.81. The molecule has 2 aliphatic heterocycles. The molecule has 3 aliphatic rings. The molecule has 292 valence electrons. The van der Waals surface area contributed by atoms with Crippen molar-refractivity contribution in [3.63, 3.8) is 0 Å². The maximum atomic E-state index is 15.4. The second-order valence-electron chi connectivity index (χ2n) is 13.9. The lowest BCUT2D eigenvalue weighted by Gasteiger charge is -2.35. The summed E-state index contributed by atoms with van der Waals surface area (Å²) in [5.41, 5.74) is 5.41. The Morgan fingerprint density at radius 3 is 2.60 bits per heavy atom. The van der Waals surface area contributed by atoms with E-state index in [4.69, 9.17) is 31.8 Å². The summed E-state index contributed by atoms with van der Waals surface area (Å²) >= 11 is 6.34. The number of nitrogens with two attached hydrogens (primary N) is 1. The number of rotatable bonds is 11. The van der Waals surface area contributed by atoms with E-state index in [9.17, 15) is 27.6 Å². The molecule has 3 aromatic heterocycles. The molecule has 55 heavy (non-hydrogen) atoms. The first-order valence-electron chi connectivity index (χ1n) is 17.3. The molecule has 0 bridgehead atoms. The number of hydrogen-bond acceptors (Lipinski definition) is 14. The van der Waals surface area contributed by atoms with Gasteiger partial charge in [-0.3, -0.25) is 4.79 Å². The molecule has 0 saturated heterocycles. The Morgan fingerprint density at radius 2 is 1.89 bits per heavy atom. The maximum Gasteiger partial charge on any atom is 0.490 e. The van der Waals surface area contributed by atoms with Gasteiger partial charge in [0.05, 0.1) is 35.1 Å². The molecule has 1 aromatic carbocycles. The number of fused-ring (bicyclic) bond motifs is 5. The Bertz CT molecular complexity index is 2330. The zero-order chi connectivity index (χ0) is 39.6. The number of ether oxygens (including phenoxy) is 2. The molecular formula is C35H35ClF4N8O5S2. The van der Waals surface area contributed by atoms with E-state index in [0.29, 0.717) is 48.0 Å². The number of nitrogens with one attached hydrogen (secondary N) is 2. The van der Waals surface area contributed by atoms with Gasteiger partial charge in [0.2, 0.25) is 22.8 Å². The number of cyclic esters (lactones) is 1. The number of carbonyl (C=O) groups excluding carboxylic acids is 2.